The van der Waals surface area contributed by atoms with E-state index in [9.17, 15) is 0 Å². The van der Waals surface area contributed by atoms with E-state index in [0.29, 0.717) is 0 Å². The first kappa shape index (κ1) is 13.6. The van der Waals surface area contributed by atoms with Gasteiger partial charge in [0.15, 0.2) is 0 Å². The van der Waals surface area contributed by atoms with Gasteiger partial charge in [0, 0.05) is 18.8 Å². The Labute approximate surface area is 115 Å². The predicted octanol–water partition coefficient (Wildman–Crippen LogP) is 3.68. The minimum absolute atomic E-state index is 0.828. The molecule has 0 atom stereocenters. The lowest BCUT2D eigenvalue weighted by molar-refractivity contribution is 0.257. The average Bonchev–Trinajstić information content (AvgIpc) is 2.43. The van der Waals surface area contributed by atoms with Crippen LogP contribution in [0.5, 0.6) is 0 Å². The van der Waals surface area contributed by atoms with Crippen molar-refractivity contribution < 1.29 is 0 Å². The molecule has 2 heteroatoms. The third-order valence-corrected chi connectivity index (χ3v) is 3.17. The van der Waals surface area contributed by atoms with Crippen molar-refractivity contribution in [3.63, 3.8) is 0 Å². The van der Waals surface area contributed by atoms with Crippen LogP contribution < -0.4 is 5.73 Å². The summed E-state index contributed by atoms with van der Waals surface area (Å²) in [4.78, 5) is 2.47. The minimum atomic E-state index is 0.828. The third kappa shape index (κ3) is 4.42. The van der Waals surface area contributed by atoms with Crippen molar-refractivity contribution in [2.75, 3.05) is 12.3 Å². The van der Waals surface area contributed by atoms with Gasteiger partial charge in [-0.25, -0.2) is 0 Å². The highest BCUT2D eigenvalue weighted by molar-refractivity contribution is 5.39. The van der Waals surface area contributed by atoms with E-state index >= 15 is 0 Å². The summed E-state index contributed by atoms with van der Waals surface area (Å²) in [5.74, 6) is 0. The van der Waals surface area contributed by atoms with E-state index in [0.717, 1.165) is 25.3 Å². The molecule has 0 unspecified atom stereocenters. The maximum atomic E-state index is 5.73. The first-order valence-corrected chi connectivity index (χ1v) is 6.88. The second kappa shape index (κ2) is 6.95. The van der Waals surface area contributed by atoms with Crippen LogP contribution in [0, 0.1) is 0 Å². The third-order valence-electron chi connectivity index (χ3n) is 3.17. The van der Waals surface area contributed by atoms with Crippen LogP contribution in [-0.4, -0.2) is 11.4 Å². The van der Waals surface area contributed by atoms with Gasteiger partial charge < -0.3 is 5.73 Å². The first-order valence-electron chi connectivity index (χ1n) is 6.88. The molecule has 0 saturated heterocycles. The molecule has 0 radical (unpaired) electrons. The number of nitrogens with two attached hydrogens (primary N) is 1. The molecule has 0 aliphatic rings. The summed E-state index contributed by atoms with van der Waals surface area (Å²) < 4.78 is 0. The second-order valence-electron chi connectivity index (χ2n) is 4.94. The molecule has 0 heterocycles. The highest BCUT2D eigenvalue weighted by Gasteiger charge is 2.06. The molecular weight excluding hydrogens is 232 g/mol. The van der Waals surface area contributed by atoms with Gasteiger partial charge >= 0.3 is 0 Å². The van der Waals surface area contributed by atoms with E-state index in [2.05, 4.69) is 54.3 Å². The van der Waals surface area contributed by atoms with Gasteiger partial charge in [-0.15, -0.1) is 0 Å². The summed E-state index contributed by atoms with van der Waals surface area (Å²) in [6.07, 6.45) is 1.17. The van der Waals surface area contributed by atoms with Crippen molar-refractivity contribution in [1.82, 2.24) is 4.90 Å². The predicted molar refractivity (Wildman–Crippen MR) is 81.7 cm³/mol. The number of nitrogens with zero attached hydrogens (tertiary/aromatic N) is 1. The van der Waals surface area contributed by atoms with Crippen LogP contribution >= 0.6 is 0 Å². The van der Waals surface area contributed by atoms with E-state index in [1.807, 2.05) is 12.1 Å². The molecule has 2 rings (SSSR count). The Morgan fingerprint density at radius 1 is 0.842 bits per heavy atom. The van der Waals surface area contributed by atoms with Crippen molar-refractivity contribution in [1.29, 1.82) is 0 Å². The maximum Gasteiger partial charge on any atom is 0.0314 e. The van der Waals surface area contributed by atoms with Crippen LogP contribution in [0.1, 0.15) is 24.5 Å². The zero-order valence-electron chi connectivity index (χ0n) is 11.5. The summed E-state index contributed by atoms with van der Waals surface area (Å²) >= 11 is 0. The van der Waals surface area contributed by atoms with Crippen LogP contribution in [-0.2, 0) is 13.1 Å². The molecule has 0 aromatic heterocycles. The molecule has 19 heavy (non-hydrogen) atoms. The topological polar surface area (TPSA) is 29.3 Å². The van der Waals surface area contributed by atoms with Crippen LogP contribution in [0.4, 0.5) is 5.69 Å². The fraction of sp³-hybridized carbons (Fsp3) is 0.294. The molecule has 0 bridgehead atoms. The molecule has 100 valence electrons. The van der Waals surface area contributed by atoms with Gasteiger partial charge in [0.2, 0.25) is 0 Å². The lowest BCUT2D eigenvalue weighted by Crippen LogP contribution is -2.23. The van der Waals surface area contributed by atoms with Crippen molar-refractivity contribution in [2.45, 2.75) is 26.4 Å². The fourth-order valence-corrected chi connectivity index (χ4v) is 2.25. The van der Waals surface area contributed by atoms with Gasteiger partial charge in [-0.3, -0.25) is 4.90 Å². The largest absolute Gasteiger partial charge is 0.399 e. The maximum absolute atomic E-state index is 5.73. The molecule has 0 fully saturated rings. The summed E-state index contributed by atoms with van der Waals surface area (Å²) in [5, 5.41) is 0. The molecule has 2 aromatic carbocycles. The minimum Gasteiger partial charge on any atom is -0.399 e. The van der Waals surface area contributed by atoms with E-state index in [1.54, 1.807) is 0 Å². The first-order chi connectivity index (χ1) is 9.28. The summed E-state index contributed by atoms with van der Waals surface area (Å²) in [7, 11) is 0. The van der Waals surface area contributed by atoms with Gasteiger partial charge in [0.1, 0.15) is 0 Å². The quantitative estimate of drug-likeness (QED) is 0.797. The summed E-state index contributed by atoms with van der Waals surface area (Å²) in [6, 6.07) is 18.8. The standard InChI is InChI=1S/C17H22N2/c1-2-12-19(13-15-6-4-3-5-7-15)14-16-8-10-17(18)11-9-16/h3-11H,2,12-14,18H2,1H3. The molecule has 2 nitrogen and oxygen atoms in total. The summed E-state index contributed by atoms with van der Waals surface area (Å²) in [5.41, 5.74) is 9.24. The monoisotopic (exact) mass is 254 g/mol. The number of nitrogen functional groups attached to an aromatic ring is 1. The van der Waals surface area contributed by atoms with Crippen molar-refractivity contribution in [3.05, 3.63) is 65.7 Å². The second-order valence-corrected chi connectivity index (χ2v) is 4.94. The number of hydrogen-bond acceptors (Lipinski definition) is 2. The number of rotatable bonds is 6. The highest BCUT2D eigenvalue weighted by atomic mass is 15.1. The molecular formula is C17H22N2. The van der Waals surface area contributed by atoms with Gasteiger partial charge in [-0.05, 0) is 36.2 Å². The summed E-state index contributed by atoms with van der Waals surface area (Å²) in [6.45, 7) is 5.31. The van der Waals surface area contributed by atoms with E-state index in [-0.39, 0.29) is 0 Å². The average molecular weight is 254 g/mol. The van der Waals surface area contributed by atoms with Crippen LogP contribution in [0.25, 0.3) is 0 Å². The molecule has 2 aromatic rings. The Balaban J connectivity index is 2.01. The zero-order valence-corrected chi connectivity index (χ0v) is 11.5. The lowest BCUT2D eigenvalue weighted by Gasteiger charge is -2.22. The van der Waals surface area contributed by atoms with Crippen LogP contribution in [0.15, 0.2) is 54.6 Å². The van der Waals surface area contributed by atoms with Crippen molar-refractivity contribution in [2.24, 2.45) is 0 Å². The number of hydrogen-bond donors (Lipinski definition) is 1. The van der Waals surface area contributed by atoms with Gasteiger partial charge in [0.25, 0.3) is 0 Å². The Hall–Kier alpha value is -1.80. The van der Waals surface area contributed by atoms with Crippen molar-refractivity contribution >= 4 is 5.69 Å². The smallest absolute Gasteiger partial charge is 0.0314 e. The van der Waals surface area contributed by atoms with Gasteiger partial charge in [-0.1, -0.05) is 49.4 Å². The molecule has 0 amide bonds. The Kier molecular flexibility index (Phi) is 4.99. The van der Waals surface area contributed by atoms with Gasteiger partial charge in [-0.2, -0.15) is 0 Å². The van der Waals surface area contributed by atoms with Crippen LogP contribution in [0.2, 0.25) is 0 Å². The van der Waals surface area contributed by atoms with Gasteiger partial charge in [0.05, 0.1) is 0 Å². The Morgan fingerprint density at radius 3 is 2.00 bits per heavy atom. The zero-order chi connectivity index (χ0) is 13.5. The Bertz CT molecular complexity index is 476. The SMILES string of the molecule is CCCN(Cc1ccccc1)Cc1ccc(N)cc1. The molecule has 0 aliphatic carbocycles. The van der Waals surface area contributed by atoms with Crippen LogP contribution in [0.3, 0.4) is 0 Å². The number of benzene rings is 2. The van der Waals surface area contributed by atoms with E-state index in [1.165, 1.54) is 17.5 Å². The molecule has 0 spiro atoms. The van der Waals surface area contributed by atoms with E-state index in [4.69, 9.17) is 5.73 Å². The fourth-order valence-electron chi connectivity index (χ4n) is 2.25. The molecule has 0 saturated carbocycles. The van der Waals surface area contributed by atoms with Crippen molar-refractivity contribution in [3.8, 4) is 0 Å². The normalized spacial score (nSPS) is 10.8. The molecule has 2 N–H and O–H groups in total. The number of anilines is 1. The van der Waals surface area contributed by atoms with E-state index < -0.39 is 0 Å². The molecule has 0 aliphatic heterocycles. The Morgan fingerprint density at radius 2 is 1.42 bits per heavy atom. The lowest BCUT2D eigenvalue weighted by atomic mass is 10.1. The highest BCUT2D eigenvalue weighted by Crippen LogP contribution is 2.12.